The second-order valence-electron chi connectivity index (χ2n) is 2.95. The predicted molar refractivity (Wildman–Crippen MR) is 62.0 cm³/mol. The number of alkyl halides is 1. The number of fused-ring (bicyclic) bond motifs is 1. The van der Waals surface area contributed by atoms with Crippen LogP contribution in [0.3, 0.4) is 0 Å². The van der Waals surface area contributed by atoms with E-state index in [9.17, 15) is 10.2 Å². The van der Waals surface area contributed by atoms with Crippen molar-refractivity contribution in [3.63, 3.8) is 0 Å². The fourth-order valence-corrected chi connectivity index (χ4v) is 3.28. The van der Waals surface area contributed by atoms with Crippen LogP contribution in [-0.4, -0.2) is 10.2 Å². The van der Waals surface area contributed by atoms with Gasteiger partial charge in [-0.25, -0.2) is 0 Å². The molecule has 0 aliphatic carbocycles. The normalized spacial score (nSPS) is 11.0. The molecule has 2 rings (SSSR count). The standard InChI is InChI=1S/C10H9BrO2S/c11-4-9-6(5-12)10-7(13)2-1-3-8(10)14-9/h1-3,12-13H,4-5H2. The first-order valence-corrected chi connectivity index (χ1v) is 6.10. The maximum absolute atomic E-state index is 9.67. The summed E-state index contributed by atoms with van der Waals surface area (Å²) in [4.78, 5) is 1.07. The molecule has 0 aliphatic rings. The monoisotopic (exact) mass is 272 g/mol. The minimum absolute atomic E-state index is 0.0293. The second-order valence-corrected chi connectivity index (χ2v) is 4.64. The third-order valence-electron chi connectivity index (χ3n) is 2.16. The van der Waals surface area contributed by atoms with Crippen molar-refractivity contribution in [3.8, 4) is 5.75 Å². The summed E-state index contributed by atoms with van der Waals surface area (Å²) in [5, 5.41) is 20.4. The lowest BCUT2D eigenvalue weighted by molar-refractivity contribution is 0.282. The number of benzene rings is 1. The van der Waals surface area contributed by atoms with Gasteiger partial charge in [0.25, 0.3) is 0 Å². The number of phenols is 1. The van der Waals surface area contributed by atoms with Gasteiger partial charge >= 0.3 is 0 Å². The van der Waals surface area contributed by atoms with Gasteiger partial charge < -0.3 is 10.2 Å². The maximum atomic E-state index is 9.67. The fraction of sp³-hybridized carbons (Fsp3) is 0.200. The SMILES string of the molecule is OCc1c(CBr)sc2cccc(O)c12. The summed E-state index contributed by atoms with van der Waals surface area (Å²) in [6.45, 7) is -0.0293. The highest BCUT2D eigenvalue weighted by atomic mass is 79.9. The van der Waals surface area contributed by atoms with Crippen LogP contribution in [0.15, 0.2) is 18.2 Å². The zero-order valence-electron chi connectivity index (χ0n) is 7.33. The van der Waals surface area contributed by atoms with E-state index in [4.69, 9.17) is 0 Å². The predicted octanol–water partition coefficient (Wildman–Crippen LogP) is 2.99. The number of hydrogen-bond acceptors (Lipinski definition) is 3. The first-order chi connectivity index (χ1) is 6.77. The molecule has 2 nitrogen and oxygen atoms in total. The molecule has 4 heteroatoms. The zero-order chi connectivity index (χ0) is 10.1. The van der Waals surface area contributed by atoms with Crippen molar-refractivity contribution in [2.45, 2.75) is 11.9 Å². The molecule has 0 atom stereocenters. The molecule has 0 saturated carbocycles. The van der Waals surface area contributed by atoms with E-state index < -0.39 is 0 Å². The summed E-state index contributed by atoms with van der Waals surface area (Å²) < 4.78 is 1.02. The molecule has 0 bridgehead atoms. The summed E-state index contributed by atoms with van der Waals surface area (Å²) in [6, 6.07) is 5.41. The van der Waals surface area contributed by atoms with Gasteiger partial charge in [0, 0.05) is 25.9 Å². The Morgan fingerprint density at radius 1 is 1.36 bits per heavy atom. The lowest BCUT2D eigenvalue weighted by Crippen LogP contribution is -1.85. The summed E-state index contributed by atoms with van der Waals surface area (Å²) in [7, 11) is 0. The highest BCUT2D eigenvalue weighted by molar-refractivity contribution is 9.08. The molecule has 2 aromatic rings. The molecule has 0 spiro atoms. The van der Waals surface area contributed by atoms with E-state index in [1.54, 1.807) is 17.4 Å². The van der Waals surface area contributed by atoms with E-state index in [-0.39, 0.29) is 12.4 Å². The molecule has 0 saturated heterocycles. The van der Waals surface area contributed by atoms with E-state index >= 15 is 0 Å². The summed E-state index contributed by atoms with van der Waals surface area (Å²) in [5.41, 5.74) is 0.833. The molecular weight excluding hydrogens is 264 g/mol. The van der Waals surface area contributed by atoms with Crippen molar-refractivity contribution in [3.05, 3.63) is 28.6 Å². The smallest absolute Gasteiger partial charge is 0.124 e. The van der Waals surface area contributed by atoms with Gasteiger partial charge in [-0.05, 0) is 12.1 Å². The van der Waals surface area contributed by atoms with Gasteiger partial charge in [0.2, 0.25) is 0 Å². The number of hydrogen-bond donors (Lipinski definition) is 2. The zero-order valence-corrected chi connectivity index (χ0v) is 9.73. The van der Waals surface area contributed by atoms with Crippen LogP contribution in [0.4, 0.5) is 0 Å². The molecular formula is C10H9BrO2S. The minimum atomic E-state index is -0.0293. The van der Waals surface area contributed by atoms with Gasteiger partial charge in [-0.2, -0.15) is 0 Å². The van der Waals surface area contributed by atoms with Crippen LogP contribution in [-0.2, 0) is 11.9 Å². The molecule has 0 aliphatic heterocycles. The van der Waals surface area contributed by atoms with Gasteiger partial charge in [-0.15, -0.1) is 11.3 Å². The van der Waals surface area contributed by atoms with Gasteiger partial charge in [0.1, 0.15) is 5.75 Å². The van der Waals surface area contributed by atoms with Crippen LogP contribution in [0.25, 0.3) is 10.1 Å². The van der Waals surface area contributed by atoms with Crippen molar-refractivity contribution in [1.29, 1.82) is 0 Å². The molecule has 0 amide bonds. The van der Waals surface area contributed by atoms with Crippen LogP contribution >= 0.6 is 27.3 Å². The topological polar surface area (TPSA) is 40.5 Å². The van der Waals surface area contributed by atoms with Crippen molar-refractivity contribution in [1.82, 2.24) is 0 Å². The number of rotatable bonds is 2. The largest absolute Gasteiger partial charge is 0.507 e. The van der Waals surface area contributed by atoms with E-state index in [0.717, 1.165) is 20.5 Å². The summed E-state index contributed by atoms with van der Waals surface area (Å²) >= 11 is 4.97. The van der Waals surface area contributed by atoms with Crippen molar-refractivity contribution in [2.24, 2.45) is 0 Å². The lowest BCUT2D eigenvalue weighted by Gasteiger charge is -1.98. The number of aliphatic hydroxyl groups is 1. The number of aliphatic hydroxyl groups excluding tert-OH is 1. The third-order valence-corrected chi connectivity index (χ3v) is 4.28. The van der Waals surface area contributed by atoms with E-state index in [2.05, 4.69) is 15.9 Å². The first kappa shape index (κ1) is 9.96. The van der Waals surface area contributed by atoms with E-state index in [0.29, 0.717) is 5.33 Å². The van der Waals surface area contributed by atoms with Crippen molar-refractivity contribution < 1.29 is 10.2 Å². The van der Waals surface area contributed by atoms with E-state index in [1.165, 1.54) is 0 Å². The molecule has 1 heterocycles. The Labute approximate surface area is 93.9 Å². The molecule has 14 heavy (non-hydrogen) atoms. The van der Waals surface area contributed by atoms with Crippen LogP contribution in [0.1, 0.15) is 10.4 Å². The highest BCUT2D eigenvalue weighted by Crippen LogP contribution is 2.37. The van der Waals surface area contributed by atoms with Gasteiger partial charge in [0.05, 0.1) is 6.61 Å². The van der Waals surface area contributed by atoms with Crippen molar-refractivity contribution in [2.75, 3.05) is 0 Å². The third kappa shape index (κ3) is 1.43. The Bertz CT molecular complexity index is 464. The second kappa shape index (κ2) is 3.88. The highest BCUT2D eigenvalue weighted by Gasteiger charge is 2.12. The Hall–Kier alpha value is -0.580. The molecule has 0 unspecified atom stereocenters. The summed E-state index contributed by atoms with van der Waals surface area (Å²) in [5.74, 6) is 0.245. The number of phenolic OH excluding ortho intramolecular Hbond substituents is 1. The lowest BCUT2D eigenvalue weighted by atomic mass is 10.1. The van der Waals surface area contributed by atoms with Crippen molar-refractivity contribution >= 4 is 37.4 Å². The molecule has 74 valence electrons. The fourth-order valence-electron chi connectivity index (χ4n) is 1.52. The molecule has 1 aromatic heterocycles. The average molecular weight is 273 g/mol. The van der Waals surface area contributed by atoms with Crippen LogP contribution in [0.2, 0.25) is 0 Å². The molecule has 1 aromatic carbocycles. The quantitative estimate of drug-likeness (QED) is 0.826. The Morgan fingerprint density at radius 3 is 2.79 bits per heavy atom. The number of thiophene rings is 1. The number of aromatic hydroxyl groups is 1. The van der Waals surface area contributed by atoms with E-state index in [1.807, 2.05) is 12.1 Å². The number of halogens is 1. The average Bonchev–Trinajstić information content (AvgIpc) is 2.56. The van der Waals surface area contributed by atoms with Crippen LogP contribution < -0.4 is 0 Å². The molecule has 0 fully saturated rings. The van der Waals surface area contributed by atoms with Crippen LogP contribution in [0, 0.1) is 0 Å². The van der Waals surface area contributed by atoms with Gasteiger partial charge in [-0.1, -0.05) is 22.0 Å². The summed E-state index contributed by atoms with van der Waals surface area (Å²) in [6.07, 6.45) is 0. The maximum Gasteiger partial charge on any atom is 0.124 e. The van der Waals surface area contributed by atoms with Gasteiger partial charge in [-0.3, -0.25) is 0 Å². The minimum Gasteiger partial charge on any atom is -0.507 e. The molecule has 0 radical (unpaired) electrons. The molecule has 2 N–H and O–H groups in total. The van der Waals surface area contributed by atoms with Gasteiger partial charge in [0.15, 0.2) is 0 Å². The Kier molecular flexibility index (Phi) is 2.76. The first-order valence-electron chi connectivity index (χ1n) is 4.17. The Balaban J connectivity index is 2.81. The Morgan fingerprint density at radius 2 is 2.14 bits per heavy atom. The van der Waals surface area contributed by atoms with Crippen LogP contribution in [0.5, 0.6) is 5.75 Å².